The minimum atomic E-state index is 0.0162. The van der Waals surface area contributed by atoms with Crippen molar-refractivity contribution in [3.05, 3.63) is 29.8 Å². The molecular weight excluding hydrogens is 198 g/mol. The van der Waals surface area contributed by atoms with Gasteiger partial charge in [0.25, 0.3) is 0 Å². The molecule has 1 aromatic carbocycles. The minimum absolute atomic E-state index is 0.0162. The number of para-hydroxylation sites is 1. The van der Waals surface area contributed by atoms with Crippen molar-refractivity contribution in [3.8, 4) is 5.75 Å². The van der Waals surface area contributed by atoms with Gasteiger partial charge in [0.2, 0.25) is 0 Å². The van der Waals surface area contributed by atoms with Crippen molar-refractivity contribution in [1.82, 2.24) is 0 Å². The van der Waals surface area contributed by atoms with Gasteiger partial charge in [-0.25, -0.2) is 0 Å². The van der Waals surface area contributed by atoms with Crippen molar-refractivity contribution in [2.24, 2.45) is 11.7 Å². The van der Waals surface area contributed by atoms with Crippen LogP contribution in [-0.4, -0.2) is 6.10 Å². The van der Waals surface area contributed by atoms with Crippen molar-refractivity contribution < 1.29 is 4.74 Å². The normalized spacial score (nSPS) is 14.9. The first-order valence-electron chi connectivity index (χ1n) is 6.02. The van der Waals surface area contributed by atoms with Crippen LogP contribution in [0.25, 0.3) is 0 Å². The van der Waals surface area contributed by atoms with E-state index in [1.54, 1.807) is 0 Å². The van der Waals surface area contributed by atoms with Crippen LogP contribution in [0.1, 0.15) is 45.7 Å². The summed E-state index contributed by atoms with van der Waals surface area (Å²) in [6.45, 7) is 8.50. The van der Waals surface area contributed by atoms with Gasteiger partial charge in [-0.05, 0) is 32.3 Å². The Morgan fingerprint density at radius 1 is 1.12 bits per heavy atom. The standard InChI is InChI=1S/C14H23NO/c1-10(2)9-11(3)16-14-8-6-5-7-13(14)12(4)15/h5-8,10-12H,9,15H2,1-4H3/t11?,12-/m1/s1. The van der Waals surface area contributed by atoms with Gasteiger partial charge in [0, 0.05) is 11.6 Å². The topological polar surface area (TPSA) is 35.2 Å². The lowest BCUT2D eigenvalue weighted by Gasteiger charge is -2.20. The average Bonchev–Trinajstić information content (AvgIpc) is 2.16. The van der Waals surface area contributed by atoms with Gasteiger partial charge >= 0.3 is 0 Å². The highest BCUT2D eigenvalue weighted by Gasteiger charge is 2.11. The Bertz CT molecular complexity index is 320. The summed E-state index contributed by atoms with van der Waals surface area (Å²) in [6.07, 6.45) is 1.30. The first-order valence-corrected chi connectivity index (χ1v) is 6.02. The third kappa shape index (κ3) is 3.86. The fraction of sp³-hybridized carbons (Fsp3) is 0.571. The van der Waals surface area contributed by atoms with E-state index in [1.807, 2.05) is 31.2 Å². The fourth-order valence-electron chi connectivity index (χ4n) is 1.89. The van der Waals surface area contributed by atoms with E-state index in [2.05, 4.69) is 20.8 Å². The fourth-order valence-corrected chi connectivity index (χ4v) is 1.89. The smallest absolute Gasteiger partial charge is 0.124 e. The highest BCUT2D eigenvalue weighted by molar-refractivity contribution is 5.35. The lowest BCUT2D eigenvalue weighted by Crippen LogP contribution is -2.16. The van der Waals surface area contributed by atoms with Crippen LogP contribution in [0, 0.1) is 5.92 Å². The lowest BCUT2D eigenvalue weighted by atomic mass is 10.1. The average molecular weight is 221 g/mol. The first-order chi connectivity index (χ1) is 7.50. The zero-order valence-corrected chi connectivity index (χ0v) is 10.7. The van der Waals surface area contributed by atoms with E-state index in [0.717, 1.165) is 17.7 Å². The Kier molecular flexibility index (Phi) is 4.81. The molecule has 0 aliphatic rings. The molecule has 0 heterocycles. The number of nitrogens with two attached hydrogens (primary N) is 1. The molecule has 0 saturated carbocycles. The molecule has 0 bridgehead atoms. The molecular formula is C14H23NO. The molecule has 0 aromatic heterocycles. The lowest BCUT2D eigenvalue weighted by molar-refractivity contribution is 0.191. The van der Waals surface area contributed by atoms with E-state index in [-0.39, 0.29) is 12.1 Å². The van der Waals surface area contributed by atoms with Crippen LogP contribution >= 0.6 is 0 Å². The summed E-state index contributed by atoms with van der Waals surface area (Å²) in [4.78, 5) is 0. The Labute approximate surface area is 98.8 Å². The van der Waals surface area contributed by atoms with E-state index < -0.39 is 0 Å². The van der Waals surface area contributed by atoms with E-state index in [9.17, 15) is 0 Å². The summed E-state index contributed by atoms with van der Waals surface area (Å²) in [5, 5.41) is 0. The van der Waals surface area contributed by atoms with Crippen LogP contribution < -0.4 is 10.5 Å². The van der Waals surface area contributed by atoms with Gasteiger partial charge in [-0.2, -0.15) is 0 Å². The Morgan fingerprint density at radius 3 is 2.31 bits per heavy atom. The maximum absolute atomic E-state index is 5.94. The zero-order chi connectivity index (χ0) is 12.1. The van der Waals surface area contributed by atoms with Gasteiger partial charge in [0.15, 0.2) is 0 Å². The molecule has 2 N–H and O–H groups in total. The second kappa shape index (κ2) is 5.90. The monoisotopic (exact) mass is 221 g/mol. The summed E-state index contributed by atoms with van der Waals surface area (Å²) in [6, 6.07) is 8.03. The molecule has 2 heteroatoms. The molecule has 0 aliphatic heterocycles. The third-order valence-corrected chi connectivity index (χ3v) is 2.54. The molecule has 0 saturated heterocycles. The predicted molar refractivity (Wildman–Crippen MR) is 68.6 cm³/mol. The summed E-state index contributed by atoms with van der Waals surface area (Å²) in [7, 11) is 0. The van der Waals surface area contributed by atoms with Crippen LogP contribution in [0.15, 0.2) is 24.3 Å². The molecule has 0 radical (unpaired) electrons. The molecule has 1 rings (SSSR count). The SMILES string of the molecule is CC(C)CC(C)Oc1ccccc1[C@@H](C)N. The Morgan fingerprint density at radius 2 is 1.75 bits per heavy atom. The second-order valence-corrected chi connectivity index (χ2v) is 4.88. The molecule has 16 heavy (non-hydrogen) atoms. The van der Waals surface area contributed by atoms with Gasteiger partial charge in [-0.1, -0.05) is 32.0 Å². The molecule has 1 aromatic rings. The zero-order valence-electron chi connectivity index (χ0n) is 10.7. The number of rotatable bonds is 5. The van der Waals surface area contributed by atoms with Crippen molar-refractivity contribution in [3.63, 3.8) is 0 Å². The van der Waals surface area contributed by atoms with Crippen LogP contribution in [0.5, 0.6) is 5.75 Å². The maximum atomic E-state index is 5.94. The molecule has 0 spiro atoms. The maximum Gasteiger partial charge on any atom is 0.124 e. The summed E-state index contributed by atoms with van der Waals surface area (Å²) in [5.41, 5.74) is 6.99. The summed E-state index contributed by atoms with van der Waals surface area (Å²) in [5.74, 6) is 1.57. The molecule has 2 atom stereocenters. The van der Waals surface area contributed by atoms with Crippen molar-refractivity contribution in [2.45, 2.75) is 46.3 Å². The van der Waals surface area contributed by atoms with Crippen molar-refractivity contribution >= 4 is 0 Å². The number of ether oxygens (including phenoxy) is 1. The van der Waals surface area contributed by atoms with E-state index in [4.69, 9.17) is 10.5 Å². The molecule has 2 nitrogen and oxygen atoms in total. The Balaban J connectivity index is 2.72. The highest BCUT2D eigenvalue weighted by atomic mass is 16.5. The highest BCUT2D eigenvalue weighted by Crippen LogP contribution is 2.25. The molecule has 0 aliphatic carbocycles. The third-order valence-electron chi connectivity index (χ3n) is 2.54. The number of hydrogen-bond acceptors (Lipinski definition) is 2. The van der Waals surface area contributed by atoms with Gasteiger partial charge in [0.05, 0.1) is 6.10 Å². The Hall–Kier alpha value is -1.02. The number of hydrogen-bond donors (Lipinski definition) is 1. The van der Waals surface area contributed by atoms with Crippen molar-refractivity contribution in [1.29, 1.82) is 0 Å². The van der Waals surface area contributed by atoms with Crippen LogP contribution in [0.2, 0.25) is 0 Å². The van der Waals surface area contributed by atoms with Crippen molar-refractivity contribution in [2.75, 3.05) is 0 Å². The molecule has 0 amide bonds. The van der Waals surface area contributed by atoms with Crippen LogP contribution in [-0.2, 0) is 0 Å². The van der Waals surface area contributed by atoms with E-state index in [1.165, 1.54) is 0 Å². The summed E-state index contributed by atoms with van der Waals surface area (Å²) >= 11 is 0. The summed E-state index contributed by atoms with van der Waals surface area (Å²) < 4.78 is 5.94. The number of benzene rings is 1. The predicted octanol–water partition coefficient (Wildman–Crippen LogP) is 3.52. The van der Waals surface area contributed by atoms with E-state index >= 15 is 0 Å². The van der Waals surface area contributed by atoms with Crippen LogP contribution in [0.3, 0.4) is 0 Å². The van der Waals surface area contributed by atoms with Gasteiger partial charge < -0.3 is 10.5 Å². The quantitative estimate of drug-likeness (QED) is 0.825. The van der Waals surface area contributed by atoms with Gasteiger partial charge in [-0.3, -0.25) is 0 Å². The molecule has 90 valence electrons. The minimum Gasteiger partial charge on any atom is -0.490 e. The molecule has 0 fully saturated rings. The second-order valence-electron chi connectivity index (χ2n) is 4.88. The van der Waals surface area contributed by atoms with Gasteiger partial charge in [0.1, 0.15) is 5.75 Å². The molecule has 1 unspecified atom stereocenters. The van der Waals surface area contributed by atoms with Gasteiger partial charge in [-0.15, -0.1) is 0 Å². The first kappa shape index (κ1) is 13.0. The van der Waals surface area contributed by atoms with E-state index in [0.29, 0.717) is 5.92 Å². The largest absolute Gasteiger partial charge is 0.490 e. The van der Waals surface area contributed by atoms with Crippen LogP contribution in [0.4, 0.5) is 0 Å².